The minimum atomic E-state index is 0.828. The highest BCUT2D eigenvalue weighted by Gasteiger charge is 2.04. The molecule has 0 unspecified atom stereocenters. The third-order valence-corrected chi connectivity index (χ3v) is 1.82. The number of likely N-dealkylation sites (N-methyl/N-ethyl adjacent to an activating group) is 1. The number of hydrogen-bond donors (Lipinski definition) is 0. The molecule has 0 heterocycles. The molecule has 0 saturated carbocycles. The van der Waals surface area contributed by atoms with Crippen LogP contribution in [0.25, 0.3) is 0 Å². The van der Waals surface area contributed by atoms with Gasteiger partial charge in [0.25, 0.3) is 0 Å². The van der Waals surface area contributed by atoms with Crippen molar-refractivity contribution in [2.45, 2.75) is 0 Å². The first-order chi connectivity index (χ1) is 7.21. The number of amidine groups is 1. The fourth-order valence-electron chi connectivity index (χ4n) is 1.05. The van der Waals surface area contributed by atoms with E-state index in [1.807, 2.05) is 30.2 Å². The van der Waals surface area contributed by atoms with E-state index in [1.165, 1.54) is 0 Å². The zero-order valence-corrected chi connectivity index (χ0v) is 9.48. The van der Waals surface area contributed by atoms with Crippen LogP contribution in [-0.2, 0) is 0 Å². The molecule has 0 aliphatic heterocycles. The van der Waals surface area contributed by atoms with Crippen LogP contribution in [0.4, 0.5) is 0 Å². The summed E-state index contributed by atoms with van der Waals surface area (Å²) < 4.78 is 0. The van der Waals surface area contributed by atoms with Crippen LogP contribution in [0.2, 0.25) is 0 Å². The second kappa shape index (κ2) is 7.56. The molecule has 2 heteroatoms. The van der Waals surface area contributed by atoms with Crippen LogP contribution in [0.5, 0.6) is 0 Å². The van der Waals surface area contributed by atoms with Gasteiger partial charge in [0, 0.05) is 19.7 Å². The standard InChI is InChI=1S/C13H18N2/c1-6-9-10-11-12(7-2)13(14-4)15(5)8-3/h6-11H,1-3H2,4-5H3/b10-9-,12-11+,14-13-. The lowest BCUT2D eigenvalue weighted by Crippen LogP contribution is -2.21. The van der Waals surface area contributed by atoms with Crippen molar-refractivity contribution in [3.8, 4) is 0 Å². The second-order valence-corrected chi connectivity index (χ2v) is 2.79. The fraction of sp³-hybridized carbons (Fsp3) is 0.154. The molecule has 0 aromatic heterocycles. The van der Waals surface area contributed by atoms with Gasteiger partial charge in [-0.1, -0.05) is 50.1 Å². The van der Waals surface area contributed by atoms with Crippen LogP contribution >= 0.6 is 0 Å². The number of hydrogen-bond acceptors (Lipinski definition) is 1. The maximum Gasteiger partial charge on any atom is 0.134 e. The number of rotatable bonds is 5. The molecule has 0 N–H and O–H groups in total. The van der Waals surface area contributed by atoms with E-state index in [1.54, 1.807) is 25.4 Å². The average molecular weight is 202 g/mol. The number of aliphatic imine (C=N–C) groups is 1. The molecule has 0 aliphatic carbocycles. The van der Waals surface area contributed by atoms with Gasteiger partial charge in [-0.05, 0) is 6.20 Å². The van der Waals surface area contributed by atoms with E-state index in [-0.39, 0.29) is 0 Å². The molecule has 0 fully saturated rings. The highest BCUT2D eigenvalue weighted by atomic mass is 15.1. The van der Waals surface area contributed by atoms with Crippen LogP contribution in [-0.4, -0.2) is 24.8 Å². The summed E-state index contributed by atoms with van der Waals surface area (Å²) in [5, 5.41) is 0. The Balaban J connectivity index is 5.01. The first-order valence-electron chi connectivity index (χ1n) is 4.65. The molecule has 0 saturated heterocycles. The molecule has 0 radical (unpaired) electrons. The van der Waals surface area contributed by atoms with Gasteiger partial charge in [-0.15, -0.1) is 0 Å². The van der Waals surface area contributed by atoms with Crippen LogP contribution < -0.4 is 0 Å². The van der Waals surface area contributed by atoms with Gasteiger partial charge >= 0.3 is 0 Å². The van der Waals surface area contributed by atoms with Gasteiger partial charge in [0.15, 0.2) is 0 Å². The summed E-state index contributed by atoms with van der Waals surface area (Å²) in [5.41, 5.74) is 0.943. The summed E-state index contributed by atoms with van der Waals surface area (Å²) in [6.07, 6.45) is 10.9. The van der Waals surface area contributed by atoms with Crippen LogP contribution in [0.1, 0.15) is 0 Å². The molecule has 0 rings (SSSR count). The zero-order valence-electron chi connectivity index (χ0n) is 9.48. The number of allylic oxidation sites excluding steroid dienone is 4. The maximum absolute atomic E-state index is 4.18. The lowest BCUT2D eigenvalue weighted by atomic mass is 10.2. The Morgan fingerprint density at radius 2 is 1.87 bits per heavy atom. The van der Waals surface area contributed by atoms with Gasteiger partial charge in [0.1, 0.15) is 5.84 Å². The van der Waals surface area contributed by atoms with Crippen LogP contribution in [0.3, 0.4) is 0 Å². The van der Waals surface area contributed by atoms with Gasteiger partial charge < -0.3 is 4.90 Å². The molecule has 15 heavy (non-hydrogen) atoms. The van der Waals surface area contributed by atoms with E-state index in [2.05, 4.69) is 24.7 Å². The Morgan fingerprint density at radius 1 is 1.20 bits per heavy atom. The lowest BCUT2D eigenvalue weighted by molar-refractivity contribution is 0.690. The third kappa shape index (κ3) is 4.27. The van der Waals surface area contributed by atoms with Crippen molar-refractivity contribution in [2.24, 2.45) is 4.99 Å². The summed E-state index contributed by atoms with van der Waals surface area (Å²) >= 11 is 0. The Bertz CT molecular complexity index is 319. The third-order valence-electron chi connectivity index (χ3n) is 1.82. The summed E-state index contributed by atoms with van der Waals surface area (Å²) in [7, 11) is 3.63. The predicted molar refractivity (Wildman–Crippen MR) is 68.9 cm³/mol. The van der Waals surface area contributed by atoms with E-state index in [0.717, 1.165) is 11.4 Å². The van der Waals surface area contributed by atoms with Crippen molar-refractivity contribution in [3.05, 3.63) is 61.9 Å². The first-order valence-corrected chi connectivity index (χ1v) is 4.65. The predicted octanol–water partition coefficient (Wildman–Crippen LogP) is 2.94. The molecule has 0 spiro atoms. The summed E-state index contributed by atoms with van der Waals surface area (Å²) in [5.74, 6) is 0.828. The molecule has 2 nitrogen and oxygen atoms in total. The summed E-state index contributed by atoms with van der Waals surface area (Å²) in [4.78, 5) is 6.02. The van der Waals surface area contributed by atoms with Crippen molar-refractivity contribution in [2.75, 3.05) is 14.1 Å². The molecular formula is C13H18N2. The fourth-order valence-corrected chi connectivity index (χ4v) is 1.05. The highest BCUT2D eigenvalue weighted by molar-refractivity contribution is 6.01. The average Bonchev–Trinajstić information content (AvgIpc) is 2.27. The van der Waals surface area contributed by atoms with E-state index in [0.29, 0.717) is 0 Å². The van der Waals surface area contributed by atoms with Gasteiger partial charge in [-0.25, -0.2) is 0 Å². The zero-order chi connectivity index (χ0) is 11.7. The minimum Gasteiger partial charge on any atom is -0.337 e. The Hall–Kier alpha value is -1.83. The minimum absolute atomic E-state index is 0.828. The van der Waals surface area contributed by atoms with Gasteiger partial charge in [0.05, 0.1) is 0 Å². The second-order valence-electron chi connectivity index (χ2n) is 2.79. The lowest BCUT2D eigenvalue weighted by Gasteiger charge is -2.16. The van der Waals surface area contributed by atoms with E-state index >= 15 is 0 Å². The largest absolute Gasteiger partial charge is 0.337 e. The van der Waals surface area contributed by atoms with Crippen molar-refractivity contribution in [1.82, 2.24) is 4.90 Å². The molecule has 0 bridgehead atoms. The summed E-state index contributed by atoms with van der Waals surface area (Å²) in [6.45, 7) is 11.0. The van der Waals surface area contributed by atoms with Gasteiger partial charge in [-0.2, -0.15) is 0 Å². The van der Waals surface area contributed by atoms with Gasteiger partial charge in [-0.3, -0.25) is 4.99 Å². The Labute approximate surface area is 92.3 Å². The molecular weight excluding hydrogens is 184 g/mol. The van der Waals surface area contributed by atoms with Gasteiger partial charge in [0.2, 0.25) is 0 Å². The molecule has 0 amide bonds. The van der Waals surface area contributed by atoms with Crippen LogP contribution in [0, 0.1) is 0 Å². The van der Waals surface area contributed by atoms with E-state index in [4.69, 9.17) is 0 Å². The SMILES string of the molecule is C=C\C=C/C=C(C=C)/C(=N/C)N(C)C=C. The Kier molecular flexibility index (Phi) is 6.64. The van der Waals surface area contributed by atoms with Crippen molar-refractivity contribution in [3.63, 3.8) is 0 Å². The van der Waals surface area contributed by atoms with E-state index < -0.39 is 0 Å². The molecule has 80 valence electrons. The molecule has 0 aromatic rings. The van der Waals surface area contributed by atoms with E-state index in [9.17, 15) is 0 Å². The molecule has 0 aromatic carbocycles. The highest BCUT2D eigenvalue weighted by Crippen LogP contribution is 2.04. The topological polar surface area (TPSA) is 15.6 Å². The summed E-state index contributed by atoms with van der Waals surface area (Å²) in [6, 6.07) is 0. The van der Waals surface area contributed by atoms with Crippen molar-refractivity contribution >= 4 is 5.84 Å². The molecule has 0 aliphatic rings. The maximum atomic E-state index is 4.18. The normalized spacial score (nSPS) is 12.7. The molecule has 0 atom stereocenters. The first kappa shape index (κ1) is 13.2. The van der Waals surface area contributed by atoms with Crippen molar-refractivity contribution < 1.29 is 0 Å². The number of nitrogens with zero attached hydrogens (tertiary/aromatic N) is 2. The monoisotopic (exact) mass is 202 g/mol. The van der Waals surface area contributed by atoms with Crippen LogP contribution in [0.15, 0.2) is 66.9 Å². The Morgan fingerprint density at radius 3 is 2.27 bits per heavy atom. The van der Waals surface area contributed by atoms with Crippen molar-refractivity contribution in [1.29, 1.82) is 0 Å². The smallest absolute Gasteiger partial charge is 0.134 e. The quantitative estimate of drug-likeness (QED) is 0.380.